The number of rotatable bonds is 12. The van der Waals surface area contributed by atoms with E-state index in [1.807, 2.05) is 54.6 Å². The number of halogens is 1. The number of aliphatic hydroxyl groups is 1. The lowest BCUT2D eigenvalue weighted by molar-refractivity contribution is -0.137. The summed E-state index contributed by atoms with van der Waals surface area (Å²) >= 11 is 0. The SMILES string of the molecule is C=CC(=O)OCCc1cc(-c2ccc(CCCCC)cc2F)ccc1-c1ccc(CCO)cc1. The van der Waals surface area contributed by atoms with Crippen molar-refractivity contribution in [1.82, 2.24) is 0 Å². The second-order valence-corrected chi connectivity index (χ2v) is 8.44. The van der Waals surface area contributed by atoms with E-state index in [0.717, 1.165) is 65.1 Å². The molecule has 0 heterocycles. The van der Waals surface area contributed by atoms with Crippen LogP contribution in [0.2, 0.25) is 0 Å². The first-order chi connectivity index (χ1) is 16.5. The van der Waals surface area contributed by atoms with Crippen molar-refractivity contribution in [2.24, 2.45) is 0 Å². The van der Waals surface area contributed by atoms with E-state index in [0.29, 0.717) is 18.4 Å². The first-order valence-electron chi connectivity index (χ1n) is 12.0. The Balaban J connectivity index is 1.91. The van der Waals surface area contributed by atoms with E-state index in [1.165, 1.54) is 0 Å². The molecule has 0 saturated heterocycles. The van der Waals surface area contributed by atoms with Gasteiger partial charge in [-0.1, -0.05) is 80.9 Å². The zero-order valence-corrected chi connectivity index (χ0v) is 19.9. The topological polar surface area (TPSA) is 46.5 Å². The van der Waals surface area contributed by atoms with Crippen LogP contribution in [-0.4, -0.2) is 24.3 Å². The third kappa shape index (κ3) is 6.88. The van der Waals surface area contributed by atoms with Crippen LogP contribution in [0.15, 0.2) is 73.3 Å². The Bertz CT molecular complexity index is 1100. The number of aryl methyl sites for hydroxylation is 1. The highest BCUT2D eigenvalue weighted by molar-refractivity contribution is 5.81. The summed E-state index contributed by atoms with van der Waals surface area (Å²) < 4.78 is 20.2. The summed E-state index contributed by atoms with van der Waals surface area (Å²) in [5.74, 6) is -0.685. The average molecular weight is 461 g/mol. The van der Waals surface area contributed by atoms with Gasteiger partial charge in [-0.15, -0.1) is 0 Å². The maximum atomic E-state index is 15.0. The molecule has 4 heteroatoms. The van der Waals surface area contributed by atoms with Crippen molar-refractivity contribution in [3.8, 4) is 22.3 Å². The standard InChI is InChI=1S/C30H33FO3/c1-3-5-6-7-23-10-14-28(29(31)20-23)25-13-15-27(24-11-8-22(9-12-24)16-18-32)26(21-25)17-19-34-30(33)4-2/h4,8-15,20-21,32H,2-3,5-7,16-19H2,1H3. The van der Waals surface area contributed by atoms with Gasteiger partial charge in [0.1, 0.15) is 5.82 Å². The smallest absolute Gasteiger partial charge is 0.330 e. The van der Waals surface area contributed by atoms with Crippen LogP contribution in [0.5, 0.6) is 0 Å². The minimum absolute atomic E-state index is 0.108. The van der Waals surface area contributed by atoms with E-state index in [-0.39, 0.29) is 19.0 Å². The fourth-order valence-electron chi connectivity index (χ4n) is 4.08. The Morgan fingerprint density at radius 3 is 2.29 bits per heavy atom. The largest absolute Gasteiger partial charge is 0.462 e. The van der Waals surface area contributed by atoms with E-state index < -0.39 is 5.97 Å². The second kappa shape index (κ2) is 12.9. The van der Waals surface area contributed by atoms with Crippen molar-refractivity contribution in [1.29, 1.82) is 0 Å². The summed E-state index contributed by atoms with van der Waals surface area (Å²) in [5.41, 5.74) is 6.43. The van der Waals surface area contributed by atoms with Gasteiger partial charge in [-0.2, -0.15) is 0 Å². The molecule has 0 spiro atoms. The zero-order valence-electron chi connectivity index (χ0n) is 19.9. The summed E-state index contributed by atoms with van der Waals surface area (Å²) in [5, 5.41) is 9.17. The van der Waals surface area contributed by atoms with Crippen LogP contribution >= 0.6 is 0 Å². The van der Waals surface area contributed by atoms with Crippen molar-refractivity contribution >= 4 is 5.97 Å². The summed E-state index contributed by atoms with van der Waals surface area (Å²) in [7, 11) is 0. The van der Waals surface area contributed by atoms with Crippen molar-refractivity contribution in [3.63, 3.8) is 0 Å². The summed E-state index contributed by atoms with van der Waals surface area (Å²) in [6, 6.07) is 19.5. The molecule has 0 aromatic heterocycles. The molecule has 0 atom stereocenters. The maximum absolute atomic E-state index is 15.0. The zero-order chi connectivity index (χ0) is 24.3. The minimum atomic E-state index is -0.462. The molecular weight excluding hydrogens is 427 g/mol. The van der Waals surface area contributed by atoms with Gasteiger partial charge in [-0.05, 0) is 58.7 Å². The van der Waals surface area contributed by atoms with Gasteiger partial charge in [0.15, 0.2) is 0 Å². The van der Waals surface area contributed by atoms with E-state index >= 15 is 4.39 Å². The molecule has 0 unspecified atom stereocenters. The number of unbranched alkanes of at least 4 members (excludes halogenated alkanes) is 2. The van der Waals surface area contributed by atoms with Gasteiger partial charge >= 0.3 is 5.97 Å². The lowest BCUT2D eigenvalue weighted by atomic mass is 9.92. The summed E-state index contributed by atoms with van der Waals surface area (Å²) in [4.78, 5) is 11.5. The number of ether oxygens (including phenoxy) is 1. The number of benzene rings is 3. The molecule has 0 radical (unpaired) electrons. The Kier molecular flexibility index (Phi) is 9.60. The van der Waals surface area contributed by atoms with E-state index in [2.05, 4.69) is 13.5 Å². The molecule has 3 nitrogen and oxygen atoms in total. The fourth-order valence-corrected chi connectivity index (χ4v) is 4.08. The summed E-state index contributed by atoms with van der Waals surface area (Å²) in [6.45, 7) is 5.91. The molecule has 3 rings (SSSR count). The number of hydrogen-bond acceptors (Lipinski definition) is 3. The normalized spacial score (nSPS) is 10.8. The van der Waals surface area contributed by atoms with Crippen molar-refractivity contribution in [3.05, 3.63) is 95.8 Å². The van der Waals surface area contributed by atoms with Crippen LogP contribution in [-0.2, 0) is 28.8 Å². The van der Waals surface area contributed by atoms with Crippen LogP contribution in [0.4, 0.5) is 4.39 Å². The molecule has 0 aliphatic carbocycles. The molecule has 1 N–H and O–H groups in total. The molecule has 0 saturated carbocycles. The van der Waals surface area contributed by atoms with Crippen LogP contribution in [0.25, 0.3) is 22.3 Å². The number of carbonyl (C=O) groups excluding carboxylic acids is 1. The highest BCUT2D eigenvalue weighted by atomic mass is 19.1. The van der Waals surface area contributed by atoms with Gasteiger partial charge in [-0.25, -0.2) is 9.18 Å². The second-order valence-electron chi connectivity index (χ2n) is 8.44. The molecule has 34 heavy (non-hydrogen) atoms. The Hall–Kier alpha value is -3.24. The van der Waals surface area contributed by atoms with Gasteiger partial charge in [0, 0.05) is 24.7 Å². The number of hydrogen-bond donors (Lipinski definition) is 1. The van der Waals surface area contributed by atoms with Gasteiger partial charge in [0.25, 0.3) is 0 Å². The molecule has 0 bridgehead atoms. The molecule has 3 aromatic carbocycles. The summed E-state index contributed by atoms with van der Waals surface area (Å²) in [6.07, 6.45) is 6.49. The van der Waals surface area contributed by atoms with Crippen LogP contribution in [0, 0.1) is 5.82 Å². The number of carbonyl (C=O) groups is 1. The fraction of sp³-hybridized carbons (Fsp3) is 0.300. The third-order valence-electron chi connectivity index (χ3n) is 5.97. The third-order valence-corrected chi connectivity index (χ3v) is 5.97. The number of esters is 1. The molecule has 0 aliphatic rings. The van der Waals surface area contributed by atoms with Crippen LogP contribution in [0.1, 0.15) is 42.9 Å². The quantitative estimate of drug-likeness (QED) is 0.186. The highest BCUT2D eigenvalue weighted by Gasteiger charge is 2.12. The predicted octanol–water partition coefficient (Wildman–Crippen LogP) is 6.70. The first-order valence-corrected chi connectivity index (χ1v) is 12.0. The highest BCUT2D eigenvalue weighted by Crippen LogP contribution is 2.31. The van der Waals surface area contributed by atoms with Crippen LogP contribution in [0.3, 0.4) is 0 Å². The monoisotopic (exact) mass is 460 g/mol. The van der Waals surface area contributed by atoms with Gasteiger partial charge in [-0.3, -0.25) is 0 Å². The molecular formula is C30H33FO3. The van der Waals surface area contributed by atoms with E-state index in [4.69, 9.17) is 9.84 Å². The first kappa shape index (κ1) is 25.4. The Morgan fingerprint density at radius 2 is 1.62 bits per heavy atom. The molecule has 0 amide bonds. The van der Waals surface area contributed by atoms with E-state index in [1.54, 1.807) is 6.07 Å². The van der Waals surface area contributed by atoms with Gasteiger partial charge in [0.2, 0.25) is 0 Å². The lowest BCUT2D eigenvalue weighted by Crippen LogP contribution is -2.05. The van der Waals surface area contributed by atoms with E-state index in [9.17, 15) is 4.79 Å². The van der Waals surface area contributed by atoms with Crippen molar-refractivity contribution < 1.29 is 19.0 Å². The molecule has 178 valence electrons. The lowest BCUT2D eigenvalue weighted by Gasteiger charge is -2.14. The molecule has 0 fully saturated rings. The van der Waals surface area contributed by atoms with Gasteiger partial charge in [0.05, 0.1) is 6.61 Å². The predicted molar refractivity (Wildman–Crippen MR) is 136 cm³/mol. The Morgan fingerprint density at radius 1 is 0.912 bits per heavy atom. The maximum Gasteiger partial charge on any atom is 0.330 e. The minimum Gasteiger partial charge on any atom is -0.462 e. The molecule has 0 aliphatic heterocycles. The number of aliphatic hydroxyl groups excluding tert-OH is 1. The van der Waals surface area contributed by atoms with Gasteiger partial charge < -0.3 is 9.84 Å². The Labute approximate surface area is 201 Å². The average Bonchev–Trinajstić information content (AvgIpc) is 2.85. The molecule has 3 aromatic rings. The van der Waals surface area contributed by atoms with Crippen LogP contribution < -0.4 is 0 Å². The van der Waals surface area contributed by atoms with Crippen molar-refractivity contribution in [2.75, 3.05) is 13.2 Å². The van der Waals surface area contributed by atoms with Crippen molar-refractivity contribution in [2.45, 2.75) is 45.4 Å².